The first-order valence-electron chi connectivity index (χ1n) is 27.2. The van der Waals surface area contributed by atoms with Gasteiger partial charge in [0, 0.05) is 12.6 Å². The molecule has 0 aromatic heterocycles. The second kappa shape index (κ2) is 29.2. The third-order valence-electron chi connectivity index (χ3n) is 15.5. The Morgan fingerprint density at radius 3 is 1.15 bits per heavy atom. The van der Waals surface area contributed by atoms with Gasteiger partial charge >= 0.3 is 5.97 Å². The summed E-state index contributed by atoms with van der Waals surface area (Å²) in [6.07, 6.45) is 10.2. The van der Waals surface area contributed by atoms with Crippen LogP contribution in [-0.4, -0.2) is 35.1 Å². The van der Waals surface area contributed by atoms with E-state index in [1.165, 1.54) is 69.2 Å². The molecule has 3 heteroatoms. The van der Waals surface area contributed by atoms with Gasteiger partial charge in [0.15, 0.2) is 0 Å². The number of hydrogen-bond donors (Lipinski definition) is 1. The Kier molecular flexibility index (Phi) is 26.2. The first kappa shape index (κ1) is 59.2. The van der Waals surface area contributed by atoms with E-state index in [0.29, 0.717) is 17.4 Å². The zero-order chi connectivity index (χ0) is 50.0. The molecule has 2 fully saturated rings. The molecule has 3 aromatic carbocycles. The average Bonchev–Trinajstić information content (AvgIpc) is 3.68. The zero-order valence-electron chi connectivity index (χ0n) is 46.7. The lowest BCUT2D eigenvalue weighted by atomic mass is 9.72. The Morgan fingerprint density at radius 2 is 0.818 bits per heavy atom. The van der Waals surface area contributed by atoms with Crippen LogP contribution in [0.25, 0.3) is 0 Å². The van der Waals surface area contributed by atoms with Gasteiger partial charge in [-0.25, -0.2) is 4.79 Å². The molecule has 66 heavy (non-hydrogen) atoms. The van der Waals surface area contributed by atoms with Crippen molar-refractivity contribution in [2.45, 2.75) is 225 Å². The monoisotopic (exact) mass is 908 g/mol. The van der Waals surface area contributed by atoms with Crippen LogP contribution < -0.4 is 0 Å². The molecule has 374 valence electrons. The van der Waals surface area contributed by atoms with Crippen molar-refractivity contribution in [3.05, 3.63) is 106 Å². The van der Waals surface area contributed by atoms with Crippen LogP contribution in [0, 0.1) is 47.3 Å². The maximum absolute atomic E-state index is 11.3. The fourth-order valence-electron chi connectivity index (χ4n) is 10.9. The van der Waals surface area contributed by atoms with Crippen LogP contribution in [0.3, 0.4) is 0 Å². The molecule has 0 spiro atoms. The highest BCUT2D eigenvalue weighted by atomic mass is 16.4. The first-order chi connectivity index (χ1) is 30.9. The van der Waals surface area contributed by atoms with Crippen molar-refractivity contribution in [2.24, 2.45) is 47.3 Å². The third-order valence-corrected chi connectivity index (χ3v) is 15.5. The quantitative estimate of drug-likeness (QED) is 0.208. The van der Waals surface area contributed by atoms with Crippen molar-refractivity contribution in [3.8, 4) is 0 Å². The highest BCUT2D eigenvalue weighted by molar-refractivity contribution is 5.91. The van der Waals surface area contributed by atoms with Gasteiger partial charge in [0.2, 0.25) is 0 Å². The molecule has 1 saturated carbocycles. The predicted octanol–water partition coefficient (Wildman–Crippen LogP) is 19.0. The standard InChI is InChI=1S/C15H22.C13H18O2.C12H24.C12H18.C11H23N/c1-10(2)14-9-15(11(3)4)13-8-6-5-7-12(13)14;1-8(2)10-6-5-7-11(9(3)4)12(10)13(14)15;1-9(2)11-6-5-7-12(8-11)10(3)4;1-9(2)11-7-5-6-8-12(11)10(3)4;1-9(2)11-6-5-7-12(8-11)10(3)4/h5-8,10-11,14-15H,9H2,1-4H3;5-9H,1-4H3,(H,14,15);9-12H,5-8H2,1-4H3;5-10H,1-4H3;9-11H,5-8H2,1-4H3. The van der Waals surface area contributed by atoms with Gasteiger partial charge in [-0.05, 0) is 162 Å². The van der Waals surface area contributed by atoms with Crippen molar-refractivity contribution in [2.75, 3.05) is 13.1 Å². The third kappa shape index (κ3) is 18.5. The number of piperidine rings is 1. The normalized spacial score (nSPS) is 20.8. The Hall–Kier alpha value is -2.91. The number of nitrogens with zero attached hydrogens (tertiary/aromatic N) is 1. The van der Waals surface area contributed by atoms with Crippen molar-refractivity contribution in [1.29, 1.82) is 0 Å². The summed E-state index contributed by atoms with van der Waals surface area (Å²) < 4.78 is 0. The van der Waals surface area contributed by atoms with Gasteiger partial charge < -0.3 is 10.0 Å². The van der Waals surface area contributed by atoms with E-state index in [1.807, 2.05) is 45.9 Å². The molecule has 6 rings (SSSR count). The van der Waals surface area contributed by atoms with Crippen LogP contribution in [0.1, 0.15) is 263 Å². The molecule has 5 unspecified atom stereocenters. The second-order valence-corrected chi connectivity index (χ2v) is 23.8. The Bertz CT molecular complexity index is 1650. The number of aromatic carboxylic acids is 1. The van der Waals surface area contributed by atoms with Crippen LogP contribution in [-0.2, 0) is 0 Å². The fourth-order valence-corrected chi connectivity index (χ4v) is 10.9. The largest absolute Gasteiger partial charge is 0.478 e. The van der Waals surface area contributed by atoms with Crippen LogP contribution in [0.5, 0.6) is 0 Å². The lowest BCUT2D eigenvalue weighted by Crippen LogP contribution is -2.41. The molecule has 3 aromatic rings. The van der Waals surface area contributed by atoms with Crippen LogP contribution in [0.15, 0.2) is 66.7 Å². The number of fused-ring (bicyclic) bond motifs is 1. The molecule has 0 radical (unpaired) electrons. The molecule has 0 amide bonds. The Labute approximate surface area is 410 Å². The van der Waals surface area contributed by atoms with E-state index >= 15 is 0 Å². The topological polar surface area (TPSA) is 40.5 Å². The summed E-state index contributed by atoms with van der Waals surface area (Å²) in [5.74, 6) is 9.75. The summed E-state index contributed by atoms with van der Waals surface area (Å²) in [4.78, 5) is 13.9. The number of benzene rings is 3. The van der Waals surface area contributed by atoms with E-state index in [-0.39, 0.29) is 11.8 Å². The molecule has 1 aliphatic heterocycles. The summed E-state index contributed by atoms with van der Waals surface area (Å²) in [6.45, 7) is 48.0. The minimum Gasteiger partial charge on any atom is -0.478 e. The SMILES string of the molecule is CC(C)C1CC(C(C)C)c2ccccc21.CC(C)C1CCCC(C(C)C)C1.CC(C)C1CCCN(C(C)C)C1.CC(C)c1cccc(C(C)C)c1C(=O)O.CC(C)c1ccccc1C(C)C. The van der Waals surface area contributed by atoms with E-state index in [1.54, 1.807) is 11.1 Å². The van der Waals surface area contributed by atoms with Crippen molar-refractivity contribution in [3.63, 3.8) is 0 Å². The molecule has 3 aliphatic rings. The molecule has 2 aliphatic carbocycles. The molecule has 1 heterocycles. The summed E-state index contributed by atoms with van der Waals surface area (Å²) >= 11 is 0. The highest BCUT2D eigenvalue weighted by Crippen LogP contribution is 2.48. The van der Waals surface area contributed by atoms with Crippen LogP contribution in [0.2, 0.25) is 0 Å². The number of carboxylic acids is 1. The lowest BCUT2D eigenvalue weighted by Gasteiger charge is -2.37. The van der Waals surface area contributed by atoms with Gasteiger partial charge in [0.05, 0.1) is 5.56 Å². The molecular formula is C63H105NO2. The number of carbonyl (C=O) groups is 1. The fraction of sp³-hybridized carbons (Fsp3) is 0.698. The van der Waals surface area contributed by atoms with Crippen LogP contribution >= 0.6 is 0 Å². The van der Waals surface area contributed by atoms with E-state index < -0.39 is 5.97 Å². The Morgan fingerprint density at radius 1 is 0.455 bits per heavy atom. The number of hydrogen-bond acceptors (Lipinski definition) is 2. The van der Waals surface area contributed by atoms with Crippen molar-refractivity contribution in [1.82, 2.24) is 4.90 Å². The van der Waals surface area contributed by atoms with Gasteiger partial charge in [-0.1, -0.05) is 211 Å². The maximum Gasteiger partial charge on any atom is 0.336 e. The first-order valence-corrected chi connectivity index (χ1v) is 27.2. The predicted molar refractivity (Wildman–Crippen MR) is 292 cm³/mol. The second-order valence-electron chi connectivity index (χ2n) is 23.8. The number of rotatable bonds is 11. The Balaban J connectivity index is 0.000000285. The minimum absolute atomic E-state index is 0.245. The van der Waals surface area contributed by atoms with Gasteiger partial charge in [0.25, 0.3) is 0 Å². The van der Waals surface area contributed by atoms with Crippen molar-refractivity contribution < 1.29 is 9.90 Å². The number of likely N-dealkylation sites (tertiary alicyclic amines) is 1. The van der Waals surface area contributed by atoms with Gasteiger partial charge in [-0.2, -0.15) is 0 Å². The smallest absolute Gasteiger partial charge is 0.336 e. The van der Waals surface area contributed by atoms with Crippen molar-refractivity contribution >= 4 is 5.97 Å². The van der Waals surface area contributed by atoms with E-state index in [0.717, 1.165) is 76.3 Å². The zero-order valence-corrected chi connectivity index (χ0v) is 46.7. The molecule has 1 saturated heterocycles. The average molecular weight is 909 g/mol. The molecule has 1 N–H and O–H groups in total. The minimum atomic E-state index is -0.817. The number of carboxylic acid groups (broad SMARTS) is 1. The highest BCUT2D eigenvalue weighted by Gasteiger charge is 2.33. The van der Waals surface area contributed by atoms with E-state index in [4.69, 9.17) is 0 Å². The van der Waals surface area contributed by atoms with Gasteiger partial charge in [0.1, 0.15) is 0 Å². The lowest BCUT2D eigenvalue weighted by molar-refractivity contribution is 0.0693. The molecule has 5 atom stereocenters. The summed E-state index contributed by atoms with van der Waals surface area (Å²) in [7, 11) is 0. The summed E-state index contributed by atoms with van der Waals surface area (Å²) in [5, 5.41) is 9.24. The molecule has 3 nitrogen and oxygen atoms in total. The van der Waals surface area contributed by atoms with E-state index in [2.05, 4.69) is 164 Å². The van der Waals surface area contributed by atoms with Crippen LogP contribution in [0.4, 0.5) is 0 Å². The molecule has 0 bridgehead atoms. The summed E-state index contributed by atoms with van der Waals surface area (Å²) in [6, 6.07) is 24.3. The van der Waals surface area contributed by atoms with E-state index in [9.17, 15) is 9.90 Å². The summed E-state index contributed by atoms with van der Waals surface area (Å²) in [5.41, 5.74) is 8.56. The molecular weight excluding hydrogens is 803 g/mol. The van der Waals surface area contributed by atoms with Gasteiger partial charge in [-0.15, -0.1) is 0 Å². The van der Waals surface area contributed by atoms with Gasteiger partial charge in [-0.3, -0.25) is 0 Å². The maximum atomic E-state index is 11.3.